The summed E-state index contributed by atoms with van der Waals surface area (Å²) in [5.74, 6) is -5.25. The van der Waals surface area contributed by atoms with E-state index < -0.39 is 44.4 Å². The second-order valence-corrected chi connectivity index (χ2v) is 8.82. The van der Waals surface area contributed by atoms with Crippen LogP contribution in [0.4, 0.5) is 23.5 Å². The number of nitrogens with one attached hydrogen (secondary N) is 1. The number of halogens is 4. The fourth-order valence-corrected chi connectivity index (χ4v) is 3.68. The molecule has 0 aliphatic rings. The van der Waals surface area contributed by atoms with Gasteiger partial charge in [-0.1, -0.05) is 0 Å². The highest BCUT2D eigenvalue weighted by atomic mass is 32.2. The van der Waals surface area contributed by atoms with E-state index >= 15 is 4.39 Å². The topological polar surface area (TPSA) is 102 Å². The third-order valence-electron chi connectivity index (χ3n) is 4.10. The Kier molecular flexibility index (Phi) is 5.66. The van der Waals surface area contributed by atoms with Crippen molar-refractivity contribution < 1.29 is 26.5 Å². The van der Waals surface area contributed by atoms with E-state index in [4.69, 9.17) is 15.3 Å². The van der Waals surface area contributed by atoms with Gasteiger partial charge in [-0.3, -0.25) is 4.78 Å². The minimum absolute atomic E-state index is 0.0242. The lowest BCUT2D eigenvalue weighted by molar-refractivity contribution is 0.412. The lowest BCUT2D eigenvalue weighted by Gasteiger charge is -2.13. The number of nitrogen functional groups attached to an aromatic ring is 1. The molecule has 3 N–H and O–H groups in total. The Morgan fingerprint density at radius 1 is 1.07 bits per heavy atom. The molecule has 158 valence electrons. The number of hydrogen-bond donors (Lipinski definition) is 2. The highest BCUT2D eigenvalue weighted by Gasteiger charge is 2.22. The smallest absolute Gasteiger partial charge is 0.221 e. The van der Waals surface area contributed by atoms with Crippen molar-refractivity contribution in [3.8, 4) is 28.3 Å². The molecule has 0 saturated heterocycles. The van der Waals surface area contributed by atoms with Crippen molar-refractivity contribution in [1.82, 2.24) is 9.97 Å². The number of aromatic nitrogens is 2. The average Bonchev–Trinajstić information content (AvgIpc) is 2.65. The van der Waals surface area contributed by atoms with Gasteiger partial charge in [-0.25, -0.2) is 31.7 Å². The van der Waals surface area contributed by atoms with Gasteiger partial charge in [-0.2, -0.15) is 0 Å². The molecule has 3 rings (SSSR count). The summed E-state index contributed by atoms with van der Waals surface area (Å²) in [7, 11) is -1.95. The molecule has 11 heteroatoms. The summed E-state index contributed by atoms with van der Waals surface area (Å²) in [4.78, 5) is 7.61. The first-order chi connectivity index (χ1) is 14.0. The van der Waals surface area contributed by atoms with Crippen LogP contribution < -0.4 is 10.5 Å². The van der Waals surface area contributed by atoms with Gasteiger partial charge < -0.3 is 10.5 Å². The Morgan fingerprint density at radius 3 is 2.37 bits per heavy atom. The van der Waals surface area contributed by atoms with Crippen molar-refractivity contribution in [2.24, 2.45) is 0 Å². The molecule has 0 bridgehead atoms. The second-order valence-electron chi connectivity index (χ2n) is 6.52. The zero-order chi connectivity index (χ0) is 22.2. The Bertz CT molecular complexity index is 1250. The lowest BCUT2D eigenvalue weighted by Crippen LogP contribution is -2.07. The molecule has 0 spiro atoms. The standard InChI is InChI=1S/C19H16F4N4O2S/c1-29-14-7-11(20)3-4-12(14)18-16(23)17(26-19(24)27-18)9-5-10(8-30(2,25)28)15(22)13(21)6-9/h3-7,25H,8H2,1-2H3,(H2,24,26,27). The molecule has 6 nitrogen and oxygen atoms in total. The predicted octanol–water partition coefficient (Wildman–Crippen LogP) is 4.13. The van der Waals surface area contributed by atoms with Crippen LogP contribution in [0.2, 0.25) is 0 Å². The van der Waals surface area contributed by atoms with Crippen LogP contribution in [0.15, 0.2) is 30.3 Å². The minimum atomic E-state index is -3.21. The molecule has 3 aromatic rings. The van der Waals surface area contributed by atoms with E-state index in [0.717, 1.165) is 24.5 Å². The number of benzene rings is 2. The van der Waals surface area contributed by atoms with Crippen molar-refractivity contribution in [3.63, 3.8) is 0 Å². The molecule has 2 aromatic carbocycles. The number of ether oxygens (including phenoxy) is 1. The van der Waals surface area contributed by atoms with Gasteiger partial charge >= 0.3 is 0 Å². The van der Waals surface area contributed by atoms with Crippen LogP contribution in [0.25, 0.3) is 22.5 Å². The molecule has 1 heterocycles. The summed E-state index contributed by atoms with van der Waals surface area (Å²) < 4.78 is 81.3. The van der Waals surface area contributed by atoms with Gasteiger partial charge in [0, 0.05) is 38.7 Å². The molecule has 0 amide bonds. The molecule has 1 atom stereocenters. The molecule has 1 unspecified atom stereocenters. The van der Waals surface area contributed by atoms with Crippen molar-refractivity contribution in [1.29, 1.82) is 4.78 Å². The van der Waals surface area contributed by atoms with E-state index in [9.17, 15) is 17.4 Å². The van der Waals surface area contributed by atoms with E-state index in [0.29, 0.717) is 6.07 Å². The van der Waals surface area contributed by atoms with Crippen molar-refractivity contribution in [3.05, 3.63) is 59.2 Å². The van der Waals surface area contributed by atoms with Gasteiger partial charge in [-0.05, 0) is 24.3 Å². The summed E-state index contributed by atoms with van der Waals surface area (Å²) in [5, 5.41) is 0. The third-order valence-corrected chi connectivity index (χ3v) is 4.96. The molecule has 0 aliphatic carbocycles. The summed E-state index contributed by atoms with van der Waals surface area (Å²) in [6, 6.07) is 5.07. The Hall–Kier alpha value is -3.21. The fourth-order valence-electron chi connectivity index (χ4n) is 2.88. The van der Waals surface area contributed by atoms with E-state index in [1.807, 2.05) is 0 Å². The van der Waals surface area contributed by atoms with Crippen molar-refractivity contribution in [2.75, 3.05) is 19.1 Å². The maximum atomic E-state index is 15.3. The first-order valence-corrected chi connectivity index (χ1v) is 10.5. The third kappa shape index (κ3) is 4.35. The zero-order valence-corrected chi connectivity index (χ0v) is 16.6. The Morgan fingerprint density at radius 2 is 1.73 bits per heavy atom. The summed E-state index contributed by atoms with van der Waals surface area (Å²) in [6.45, 7) is 0. The molecular formula is C19H16F4N4O2S. The van der Waals surface area contributed by atoms with E-state index in [2.05, 4.69) is 9.97 Å². The number of nitrogens with two attached hydrogens (primary N) is 1. The Balaban J connectivity index is 2.25. The molecule has 0 radical (unpaired) electrons. The van der Waals surface area contributed by atoms with Crippen LogP contribution in [-0.2, 0) is 15.5 Å². The zero-order valence-electron chi connectivity index (χ0n) is 15.8. The highest BCUT2D eigenvalue weighted by molar-refractivity contribution is 7.90. The first kappa shape index (κ1) is 21.5. The number of methoxy groups -OCH3 is 1. The van der Waals surface area contributed by atoms with E-state index in [-0.39, 0.29) is 34.1 Å². The quantitative estimate of drug-likeness (QED) is 0.581. The Labute approximate surface area is 169 Å². The predicted molar refractivity (Wildman–Crippen MR) is 104 cm³/mol. The van der Waals surface area contributed by atoms with Gasteiger partial charge in [-0.15, -0.1) is 0 Å². The van der Waals surface area contributed by atoms with Crippen LogP contribution in [0.3, 0.4) is 0 Å². The van der Waals surface area contributed by atoms with Gasteiger partial charge in [0.2, 0.25) is 5.95 Å². The fraction of sp³-hybridized carbons (Fsp3) is 0.158. The number of anilines is 1. The van der Waals surface area contributed by atoms with Crippen LogP contribution in [-0.4, -0.2) is 27.5 Å². The van der Waals surface area contributed by atoms with Crippen LogP contribution in [0.5, 0.6) is 5.75 Å². The normalized spacial score (nSPS) is 13.1. The average molecular weight is 440 g/mol. The molecule has 0 fully saturated rings. The first-order valence-electron chi connectivity index (χ1n) is 8.37. The molecule has 30 heavy (non-hydrogen) atoms. The summed E-state index contributed by atoms with van der Waals surface area (Å²) in [5.41, 5.74) is 4.41. The molecular weight excluding hydrogens is 424 g/mol. The van der Waals surface area contributed by atoms with E-state index in [1.54, 1.807) is 0 Å². The van der Waals surface area contributed by atoms with Gasteiger partial charge in [0.25, 0.3) is 0 Å². The number of rotatable bonds is 5. The molecule has 0 saturated carbocycles. The second kappa shape index (κ2) is 7.90. The maximum absolute atomic E-state index is 15.3. The lowest BCUT2D eigenvalue weighted by atomic mass is 10.0. The number of nitrogens with zero attached hydrogens (tertiary/aromatic N) is 2. The molecule has 1 aromatic heterocycles. The van der Waals surface area contributed by atoms with Gasteiger partial charge in [0.1, 0.15) is 23.0 Å². The number of hydrogen-bond acceptors (Lipinski definition) is 6. The monoisotopic (exact) mass is 440 g/mol. The van der Waals surface area contributed by atoms with Gasteiger partial charge in [0.05, 0.1) is 12.9 Å². The van der Waals surface area contributed by atoms with E-state index in [1.165, 1.54) is 13.2 Å². The largest absolute Gasteiger partial charge is 0.496 e. The summed E-state index contributed by atoms with van der Waals surface area (Å²) in [6.07, 6.45) is 1.07. The SMILES string of the molecule is COc1cc(F)ccc1-c1nc(N)nc(-c2cc(F)c(F)c(CS(C)(=N)=O)c2)c1F. The molecule has 0 aliphatic heterocycles. The van der Waals surface area contributed by atoms with Gasteiger partial charge in [0.15, 0.2) is 17.5 Å². The maximum Gasteiger partial charge on any atom is 0.221 e. The minimum Gasteiger partial charge on any atom is -0.496 e. The van der Waals surface area contributed by atoms with Crippen LogP contribution in [0.1, 0.15) is 5.56 Å². The van der Waals surface area contributed by atoms with Crippen LogP contribution in [0, 0.1) is 28.0 Å². The van der Waals surface area contributed by atoms with Crippen LogP contribution >= 0.6 is 0 Å². The van der Waals surface area contributed by atoms with Crippen molar-refractivity contribution in [2.45, 2.75) is 5.75 Å². The highest BCUT2D eigenvalue weighted by Crippen LogP contribution is 2.35. The van der Waals surface area contributed by atoms with Crippen molar-refractivity contribution >= 4 is 15.7 Å². The summed E-state index contributed by atoms with van der Waals surface area (Å²) >= 11 is 0.